The van der Waals surface area contributed by atoms with Gasteiger partial charge in [0.25, 0.3) is 0 Å². The molecule has 4 rings (SSSR count). The van der Waals surface area contributed by atoms with Gasteiger partial charge in [-0.15, -0.1) is 0 Å². The van der Waals surface area contributed by atoms with Crippen LogP contribution in [-0.4, -0.2) is 69.0 Å². The third-order valence-electron chi connectivity index (χ3n) is 6.04. The Bertz CT molecular complexity index is 948. The average Bonchev–Trinajstić information content (AvgIpc) is 2.95. The van der Waals surface area contributed by atoms with E-state index in [-0.39, 0.29) is 6.03 Å². The zero-order chi connectivity index (χ0) is 24.0. The van der Waals surface area contributed by atoms with Gasteiger partial charge < -0.3 is 20.6 Å². The highest BCUT2D eigenvalue weighted by Gasteiger charge is 2.38. The normalized spacial score (nSPS) is 20.0. The smallest absolute Gasteiger partial charge is 0.475 e. The van der Waals surface area contributed by atoms with Crippen LogP contribution in [-0.2, 0) is 4.79 Å². The van der Waals surface area contributed by atoms with Crippen LogP contribution in [0.3, 0.4) is 0 Å². The third-order valence-corrected chi connectivity index (χ3v) is 6.04. The second-order valence-electron chi connectivity index (χ2n) is 8.38. The molecule has 2 fully saturated rings. The maximum absolute atomic E-state index is 12.6. The Morgan fingerprint density at radius 2 is 1.79 bits per heavy atom. The highest BCUT2D eigenvalue weighted by molar-refractivity contribution is 5.89. The molecule has 0 spiro atoms. The van der Waals surface area contributed by atoms with Gasteiger partial charge in [-0.3, -0.25) is 0 Å². The number of carbonyl (C=O) groups excluding carboxylic acids is 1. The second-order valence-corrected chi connectivity index (χ2v) is 8.38. The van der Waals surface area contributed by atoms with E-state index in [2.05, 4.69) is 20.7 Å². The number of halogens is 3. The fourth-order valence-corrected chi connectivity index (χ4v) is 4.36. The summed E-state index contributed by atoms with van der Waals surface area (Å²) in [6.07, 6.45) is 2.89. The minimum atomic E-state index is -5.08. The first kappa shape index (κ1) is 24.7. The van der Waals surface area contributed by atoms with Crippen molar-refractivity contribution in [3.8, 4) is 0 Å². The van der Waals surface area contributed by atoms with Gasteiger partial charge in [0.2, 0.25) is 0 Å². The number of carboxylic acids is 1. The van der Waals surface area contributed by atoms with E-state index in [1.807, 2.05) is 30.2 Å². The molecule has 9 nitrogen and oxygen atoms in total. The second kappa shape index (κ2) is 10.8. The number of hydrogen-bond acceptors (Lipinski definition) is 5. The summed E-state index contributed by atoms with van der Waals surface area (Å²) in [4.78, 5) is 27.8. The van der Waals surface area contributed by atoms with Crippen LogP contribution in [0.2, 0.25) is 0 Å². The number of aliphatic carboxylic acids is 1. The monoisotopic (exact) mass is 470 g/mol. The number of amides is 2. The largest absolute Gasteiger partial charge is 0.490 e. The minimum absolute atomic E-state index is 0.0119. The molecule has 2 aromatic rings. The molecule has 182 valence electrons. The first-order chi connectivity index (χ1) is 15.6. The van der Waals surface area contributed by atoms with Gasteiger partial charge >= 0.3 is 18.2 Å². The number of anilines is 1. The van der Waals surface area contributed by atoms with Crippen LogP contribution in [0.25, 0.3) is 5.65 Å². The fourth-order valence-electron chi connectivity index (χ4n) is 4.36. The summed E-state index contributed by atoms with van der Waals surface area (Å²) in [5.74, 6) is -0.432. The van der Waals surface area contributed by atoms with Crippen molar-refractivity contribution in [2.45, 2.75) is 45.2 Å². The molecule has 12 heteroatoms. The molecule has 3 N–H and O–H groups in total. The number of nitrogens with one attached hydrogen (secondary N) is 2. The van der Waals surface area contributed by atoms with E-state index < -0.39 is 12.1 Å². The maximum Gasteiger partial charge on any atom is 0.490 e. The van der Waals surface area contributed by atoms with E-state index in [1.54, 1.807) is 4.52 Å². The molecule has 2 amide bonds. The molecular weight excluding hydrogens is 441 g/mol. The van der Waals surface area contributed by atoms with Gasteiger partial charge in [0.1, 0.15) is 5.82 Å². The van der Waals surface area contributed by atoms with Gasteiger partial charge in [0.15, 0.2) is 5.65 Å². The number of nitrogens with zero attached hydrogens (tertiary/aromatic N) is 4. The van der Waals surface area contributed by atoms with Crippen molar-refractivity contribution in [2.75, 3.05) is 31.5 Å². The van der Waals surface area contributed by atoms with Crippen LogP contribution >= 0.6 is 0 Å². The molecule has 0 saturated carbocycles. The van der Waals surface area contributed by atoms with Crippen molar-refractivity contribution < 1.29 is 27.9 Å². The van der Waals surface area contributed by atoms with Crippen molar-refractivity contribution in [1.82, 2.24) is 24.8 Å². The summed E-state index contributed by atoms with van der Waals surface area (Å²) in [6, 6.07) is 3.75. The van der Waals surface area contributed by atoms with Crippen molar-refractivity contribution in [3.63, 3.8) is 0 Å². The molecule has 0 aromatic carbocycles. The van der Waals surface area contributed by atoms with E-state index in [9.17, 15) is 18.0 Å². The van der Waals surface area contributed by atoms with E-state index >= 15 is 0 Å². The summed E-state index contributed by atoms with van der Waals surface area (Å²) in [5.41, 5.74) is 1.54. The lowest BCUT2D eigenvalue weighted by Crippen LogP contribution is -2.42. The number of likely N-dealkylation sites (tertiary alicyclic amines) is 1. The number of alkyl halides is 3. The summed E-state index contributed by atoms with van der Waals surface area (Å²) in [5, 5.41) is 17.9. The standard InChI is InChI=1S/C19H28N6O.C2HF3O2/c1-14-21-18-5-4-17(13-25(18)23-14)22-19(26)24-11-7-16(8-12-24)15-3-2-9-20-10-6-15;3-2(4,5)1(6)7/h4-5,13,15-16,20H,2-3,6-12H2,1H3,(H,22,26);(H,6,7). The average molecular weight is 470 g/mol. The summed E-state index contributed by atoms with van der Waals surface area (Å²) < 4.78 is 33.4. The minimum Gasteiger partial charge on any atom is -0.475 e. The first-order valence-corrected chi connectivity index (χ1v) is 11.0. The Labute approximate surface area is 189 Å². The number of piperidine rings is 1. The highest BCUT2D eigenvalue weighted by Crippen LogP contribution is 2.31. The van der Waals surface area contributed by atoms with Gasteiger partial charge in [-0.2, -0.15) is 18.3 Å². The summed E-state index contributed by atoms with van der Waals surface area (Å²) >= 11 is 0. The molecule has 2 saturated heterocycles. The first-order valence-electron chi connectivity index (χ1n) is 11.0. The molecule has 33 heavy (non-hydrogen) atoms. The van der Waals surface area contributed by atoms with E-state index in [4.69, 9.17) is 9.90 Å². The van der Waals surface area contributed by atoms with Gasteiger partial charge in [-0.05, 0) is 76.1 Å². The van der Waals surface area contributed by atoms with E-state index in [0.29, 0.717) is 0 Å². The Kier molecular flexibility index (Phi) is 8.11. The summed E-state index contributed by atoms with van der Waals surface area (Å²) in [7, 11) is 0. The molecule has 0 aliphatic carbocycles. The van der Waals surface area contributed by atoms with Gasteiger partial charge in [-0.25, -0.2) is 19.1 Å². The molecule has 4 heterocycles. The molecule has 0 bridgehead atoms. The number of carbonyl (C=O) groups is 2. The number of aromatic nitrogens is 3. The van der Waals surface area contributed by atoms with E-state index in [1.165, 1.54) is 19.3 Å². The number of rotatable bonds is 2. The quantitative estimate of drug-likeness (QED) is 0.621. The number of urea groups is 1. The lowest BCUT2D eigenvalue weighted by molar-refractivity contribution is -0.192. The van der Waals surface area contributed by atoms with Crippen LogP contribution in [0.5, 0.6) is 0 Å². The molecule has 1 unspecified atom stereocenters. The van der Waals surface area contributed by atoms with Crippen molar-refractivity contribution >= 4 is 23.3 Å². The van der Waals surface area contributed by atoms with Crippen molar-refractivity contribution in [1.29, 1.82) is 0 Å². The molecule has 2 aliphatic heterocycles. The van der Waals surface area contributed by atoms with Crippen molar-refractivity contribution in [3.05, 3.63) is 24.2 Å². The van der Waals surface area contributed by atoms with Crippen LogP contribution in [0.4, 0.5) is 23.7 Å². The Morgan fingerprint density at radius 3 is 2.45 bits per heavy atom. The zero-order valence-electron chi connectivity index (χ0n) is 18.4. The molecule has 2 aliphatic rings. The number of fused-ring (bicyclic) bond motifs is 1. The molecular formula is C21H29F3N6O3. The zero-order valence-corrected chi connectivity index (χ0v) is 18.4. The Morgan fingerprint density at radius 1 is 1.12 bits per heavy atom. The maximum atomic E-state index is 12.6. The molecule has 1 atom stereocenters. The molecule has 2 aromatic heterocycles. The SMILES string of the molecule is Cc1nc2ccc(NC(=O)N3CCC(C4CCCNCC4)CC3)cn2n1.O=C(O)C(F)(F)F. The van der Waals surface area contributed by atoms with Gasteiger partial charge in [0.05, 0.1) is 11.9 Å². The predicted molar refractivity (Wildman–Crippen MR) is 115 cm³/mol. The van der Waals surface area contributed by atoms with Gasteiger partial charge in [0, 0.05) is 13.1 Å². The lowest BCUT2D eigenvalue weighted by Gasteiger charge is -2.35. The highest BCUT2D eigenvalue weighted by atomic mass is 19.4. The Balaban J connectivity index is 0.000000383. The van der Waals surface area contributed by atoms with Gasteiger partial charge in [-0.1, -0.05) is 0 Å². The topological polar surface area (TPSA) is 112 Å². The number of aryl methyl sites for hydroxylation is 1. The van der Waals surface area contributed by atoms with Crippen LogP contribution in [0, 0.1) is 18.8 Å². The number of hydrogen-bond donors (Lipinski definition) is 3. The Hall–Kier alpha value is -2.89. The fraction of sp³-hybridized carbons (Fsp3) is 0.619. The van der Waals surface area contributed by atoms with Crippen LogP contribution in [0.1, 0.15) is 37.9 Å². The number of carboxylic acid groups (broad SMARTS) is 1. The third kappa shape index (κ3) is 7.04. The molecule has 0 radical (unpaired) electrons. The summed E-state index contributed by atoms with van der Waals surface area (Å²) in [6.45, 7) is 5.87. The van der Waals surface area contributed by atoms with Crippen LogP contribution in [0.15, 0.2) is 18.3 Å². The predicted octanol–water partition coefficient (Wildman–Crippen LogP) is 3.30. The number of pyridine rings is 1. The van der Waals surface area contributed by atoms with Crippen LogP contribution < -0.4 is 10.6 Å². The van der Waals surface area contributed by atoms with Crippen molar-refractivity contribution in [2.24, 2.45) is 11.8 Å². The van der Waals surface area contributed by atoms with E-state index in [0.717, 1.165) is 68.0 Å². The lowest BCUT2D eigenvalue weighted by atomic mass is 9.80.